The largest absolute Gasteiger partial charge is 0.365 e. The van der Waals surface area contributed by atoms with Crippen LogP contribution in [0.2, 0.25) is 0 Å². The first kappa shape index (κ1) is 16.5. The van der Waals surface area contributed by atoms with Gasteiger partial charge in [-0.25, -0.2) is 4.68 Å². The predicted octanol–water partition coefficient (Wildman–Crippen LogP) is 2.38. The van der Waals surface area contributed by atoms with Crippen LogP contribution >= 0.6 is 15.9 Å². The third kappa shape index (κ3) is 3.86. The lowest BCUT2D eigenvalue weighted by atomic mass is 10.1. The Hall–Kier alpha value is -0.880. The second kappa shape index (κ2) is 7.94. The fourth-order valence-electron chi connectivity index (χ4n) is 2.87. The molecule has 1 aromatic heterocycles. The number of nitrogens with zero attached hydrogens (tertiary/aromatic N) is 3. The van der Waals surface area contributed by atoms with E-state index in [-0.39, 0.29) is 5.56 Å². The van der Waals surface area contributed by atoms with Gasteiger partial charge in [-0.3, -0.25) is 4.79 Å². The summed E-state index contributed by atoms with van der Waals surface area (Å²) in [5.41, 5.74) is 0.905. The van der Waals surface area contributed by atoms with E-state index in [0.717, 1.165) is 44.6 Å². The number of piperidine rings is 1. The molecule has 6 heteroatoms. The maximum Gasteiger partial charge on any atom is 0.283 e. The number of aryl methyl sites for hydroxylation is 1. The van der Waals surface area contributed by atoms with Gasteiger partial charge in [-0.1, -0.05) is 13.8 Å². The fourth-order valence-corrected chi connectivity index (χ4v) is 3.40. The highest BCUT2D eigenvalue weighted by atomic mass is 79.9. The SMILES string of the molecule is CCCN(c1cnn(CCC)c(=O)c1Br)C1CCCNC1. The summed E-state index contributed by atoms with van der Waals surface area (Å²) in [5.74, 6) is 0. The Morgan fingerprint density at radius 1 is 1.48 bits per heavy atom. The van der Waals surface area contributed by atoms with Gasteiger partial charge in [0.05, 0.1) is 11.9 Å². The minimum absolute atomic E-state index is 0.0285. The fraction of sp³-hybridized carbons (Fsp3) is 0.733. The summed E-state index contributed by atoms with van der Waals surface area (Å²) in [6, 6.07) is 0.443. The summed E-state index contributed by atoms with van der Waals surface area (Å²) in [6.45, 7) is 7.90. The van der Waals surface area contributed by atoms with Crippen molar-refractivity contribution in [3.05, 3.63) is 21.0 Å². The standard InChI is InChI=1S/C15H25BrN4O/c1-3-8-19(12-6-5-7-17-10-12)13-11-18-20(9-4-2)15(21)14(13)16/h11-12,17H,3-10H2,1-2H3. The van der Waals surface area contributed by atoms with E-state index in [0.29, 0.717) is 17.1 Å². The molecule has 1 unspecified atom stereocenters. The molecule has 2 rings (SSSR count). The summed E-state index contributed by atoms with van der Waals surface area (Å²) in [4.78, 5) is 14.7. The average Bonchev–Trinajstić information content (AvgIpc) is 2.51. The van der Waals surface area contributed by atoms with Crippen molar-refractivity contribution in [2.45, 2.75) is 52.1 Å². The number of aromatic nitrogens is 2. The predicted molar refractivity (Wildman–Crippen MR) is 90.0 cm³/mol. The molecule has 1 aliphatic heterocycles. The van der Waals surface area contributed by atoms with Crippen molar-refractivity contribution in [3.63, 3.8) is 0 Å². The summed E-state index contributed by atoms with van der Waals surface area (Å²) < 4.78 is 2.18. The van der Waals surface area contributed by atoms with Gasteiger partial charge in [0.25, 0.3) is 5.56 Å². The Labute approximate surface area is 134 Å². The maximum atomic E-state index is 12.4. The molecule has 118 valence electrons. The number of anilines is 1. The van der Waals surface area contributed by atoms with Crippen molar-refractivity contribution in [1.29, 1.82) is 0 Å². The van der Waals surface area contributed by atoms with Crippen molar-refractivity contribution in [2.75, 3.05) is 24.5 Å². The van der Waals surface area contributed by atoms with E-state index < -0.39 is 0 Å². The zero-order valence-electron chi connectivity index (χ0n) is 12.9. The molecule has 2 heterocycles. The van der Waals surface area contributed by atoms with Gasteiger partial charge in [-0.15, -0.1) is 0 Å². The van der Waals surface area contributed by atoms with Gasteiger partial charge in [-0.2, -0.15) is 5.10 Å². The van der Waals surface area contributed by atoms with Gasteiger partial charge >= 0.3 is 0 Å². The molecule has 0 amide bonds. The number of hydrogen-bond acceptors (Lipinski definition) is 4. The lowest BCUT2D eigenvalue weighted by Crippen LogP contribution is -2.47. The van der Waals surface area contributed by atoms with Gasteiger partial charge in [0.15, 0.2) is 0 Å². The molecule has 5 nitrogen and oxygen atoms in total. The third-order valence-corrected chi connectivity index (χ3v) is 4.63. The first-order valence-corrected chi connectivity index (χ1v) is 8.71. The zero-order chi connectivity index (χ0) is 15.2. The third-order valence-electron chi connectivity index (χ3n) is 3.89. The Kier molecular flexibility index (Phi) is 6.23. The van der Waals surface area contributed by atoms with E-state index >= 15 is 0 Å². The van der Waals surface area contributed by atoms with Crippen LogP contribution in [0.15, 0.2) is 15.5 Å². The van der Waals surface area contributed by atoms with Gasteiger partial charge in [0.2, 0.25) is 0 Å². The first-order valence-electron chi connectivity index (χ1n) is 7.92. The van der Waals surface area contributed by atoms with Gasteiger partial charge in [-0.05, 0) is 48.2 Å². The number of hydrogen-bond donors (Lipinski definition) is 1. The molecule has 0 aliphatic carbocycles. The molecule has 0 radical (unpaired) electrons. The lowest BCUT2D eigenvalue weighted by molar-refractivity contribution is 0.429. The minimum Gasteiger partial charge on any atom is -0.365 e. The Balaban J connectivity index is 2.31. The molecule has 1 saturated heterocycles. The molecule has 0 saturated carbocycles. The Bertz CT molecular complexity index is 511. The molecular weight excluding hydrogens is 332 g/mol. The molecule has 0 spiro atoms. The van der Waals surface area contributed by atoms with Gasteiger partial charge < -0.3 is 10.2 Å². The van der Waals surface area contributed by atoms with E-state index in [1.165, 1.54) is 11.1 Å². The van der Waals surface area contributed by atoms with Crippen molar-refractivity contribution in [2.24, 2.45) is 0 Å². The molecule has 1 atom stereocenters. The topological polar surface area (TPSA) is 50.2 Å². The summed E-state index contributed by atoms with van der Waals surface area (Å²) in [7, 11) is 0. The van der Waals surface area contributed by atoms with E-state index in [9.17, 15) is 4.79 Å². The minimum atomic E-state index is -0.0285. The summed E-state index contributed by atoms with van der Waals surface area (Å²) >= 11 is 3.50. The highest BCUT2D eigenvalue weighted by Crippen LogP contribution is 2.26. The molecule has 1 aliphatic rings. The molecule has 0 aromatic carbocycles. The number of halogens is 1. The maximum absolute atomic E-state index is 12.4. The zero-order valence-corrected chi connectivity index (χ0v) is 14.5. The molecule has 1 fully saturated rings. The van der Waals surface area contributed by atoms with Crippen molar-refractivity contribution >= 4 is 21.6 Å². The van der Waals surface area contributed by atoms with Crippen LogP contribution in [0.5, 0.6) is 0 Å². The molecule has 0 bridgehead atoms. The second-order valence-electron chi connectivity index (χ2n) is 5.57. The van der Waals surface area contributed by atoms with Crippen LogP contribution in [-0.4, -0.2) is 35.5 Å². The lowest BCUT2D eigenvalue weighted by Gasteiger charge is -2.36. The van der Waals surface area contributed by atoms with E-state index in [2.05, 4.69) is 38.2 Å². The van der Waals surface area contributed by atoms with E-state index in [4.69, 9.17) is 0 Å². The van der Waals surface area contributed by atoms with Crippen LogP contribution in [0.3, 0.4) is 0 Å². The van der Waals surface area contributed by atoms with Crippen molar-refractivity contribution in [3.8, 4) is 0 Å². The normalized spacial score (nSPS) is 18.7. The highest BCUT2D eigenvalue weighted by Gasteiger charge is 2.24. The van der Waals surface area contributed by atoms with Crippen molar-refractivity contribution < 1.29 is 0 Å². The average molecular weight is 357 g/mol. The van der Waals surface area contributed by atoms with Crippen LogP contribution in [0.25, 0.3) is 0 Å². The molecule has 21 heavy (non-hydrogen) atoms. The number of rotatable bonds is 6. The molecular formula is C15H25BrN4O. The second-order valence-corrected chi connectivity index (χ2v) is 6.36. The van der Waals surface area contributed by atoms with E-state index in [1.54, 1.807) is 0 Å². The van der Waals surface area contributed by atoms with Crippen LogP contribution in [0.4, 0.5) is 5.69 Å². The number of nitrogens with one attached hydrogen (secondary N) is 1. The Morgan fingerprint density at radius 3 is 2.90 bits per heavy atom. The van der Waals surface area contributed by atoms with Crippen LogP contribution in [0, 0.1) is 0 Å². The summed E-state index contributed by atoms with van der Waals surface area (Å²) in [5, 5.41) is 7.79. The van der Waals surface area contributed by atoms with Crippen LogP contribution < -0.4 is 15.8 Å². The van der Waals surface area contributed by atoms with Gasteiger partial charge in [0, 0.05) is 25.7 Å². The van der Waals surface area contributed by atoms with Crippen LogP contribution in [0.1, 0.15) is 39.5 Å². The first-order chi connectivity index (χ1) is 10.2. The van der Waals surface area contributed by atoms with E-state index in [1.807, 2.05) is 13.1 Å². The van der Waals surface area contributed by atoms with Crippen molar-refractivity contribution in [1.82, 2.24) is 15.1 Å². The molecule has 1 N–H and O–H groups in total. The summed E-state index contributed by atoms with van der Waals surface area (Å²) in [6.07, 6.45) is 6.15. The monoisotopic (exact) mass is 356 g/mol. The molecule has 1 aromatic rings. The van der Waals surface area contributed by atoms with Crippen LogP contribution in [-0.2, 0) is 6.54 Å². The highest BCUT2D eigenvalue weighted by molar-refractivity contribution is 9.10. The van der Waals surface area contributed by atoms with Gasteiger partial charge in [0.1, 0.15) is 4.47 Å². The Morgan fingerprint density at radius 2 is 2.29 bits per heavy atom. The smallest absolute Gasteiger partial charge is 0.283 e. The quantitative estimate of drug-likeness (QED) is 0.849.